The molecule has 2 aliphatic carbocycles. The van der Waals surface area contributed by atoms with E-state index >= 15 is 0 Å². The number of hydrogen-bond acceptors (Lipinski definition) is 6. The van der Waals surface area contributed by atoms with Gasteiger partial charge in [-0.15, -0.1) is 0 Å². The summed E-state index contributed by atoms with van der Waals surface area (Å²) in [5.41, 5.74) is 2.43. The smallest absolute Gasteiger partial charge is 0.172 e. The van der Waals surface area contributed by atoms with E-state index in [2.05, 4.69) is 0 Å². The molecule has 6 heteroatoms. The Morgan fingerprint density at radius 2 is 1.90 bits per heavy atom. The van der Waals surface area contributed by atoms with Gasteiger partial charge in [0.25, 0.3) is 0 Å². The Morgan fingerprint density at radius 3 is 2.30 bits per heavy atom. The first-order valence-corrected chi connectivity index (χ1v) is 6.23. The summed E-state index contributed by atoms with van der Waals surface area (Å²) in [7, 11) is 0. The van der Waals surface area contributed by atoms with E-state index in [0.717, 1.165) is 0 Å². The molecule has 0 unspecified atom stereocenters. The highest BCUT2D eigenvalue weighted by Crippen LogP contribution is 2.59. The van der Waals surface area contributed by atoms with Gasteiger partial charge in [0.1, 0.15) is 17.5 Å². The van der Waals surface area contributed by atoms with Crippen molar-refractivity contribution in [1.29, 1.82) is 15.8 Å². The van der Waals surface area contributed by atoms with Crippen molar-refractivity contribution in [2.75, 3.05) is 0 Å². The lowest BCUT2D eigenvalue weighted by atomic mass is 9.59. The van der Waals surface area contributed by atoms with Crippen molar-refractivity contribution in [3.05, 3.63) is 11.3 Å². The minimum Gasteiger partial charge on any atom is -0.400 e. The van der Waals surface area contributed by atoms with Crippen molar-refractivity contribution < 1.29 is 9.59 Å². The van der Waals surface area contributed by atoms with Crippen LogP contribution in [0.15, 0.2) is 11.3 Å². The number of allylic oxidation sites excluding steroid dienone is 2. The van der Waals surface area contributed by atoms with Crippen LogP contribution in [0.4, 0.5) is 0 Å². The zero-order valence-electron chi connectivity index (χ0n) is 10.7. The molecule has 100 valence electrons. The van der Waals surface area contributed by atoms with Crippen molar-refractivity contribution in [2.24, 2.45) is 22.5 Å². The third kappa shape index (κ3) is 1.35. The average molecular weight is 268 g/mol. The molecule has 0 aliphatic heterocycles. The molecule has 0 bridgehead atoms. The topological polar surface area (TPSA) is 132 Å². The van der Waals surface area contributed by atoms with Gasteiger partial charge in [0.2, 0.25) is 0 Å². The third-order valence-electron chi connectivity index (χ3n) is 4.43. The molecule has 0 heterocycles. The fourth-order valence-corrected chi connectivity index (χ4v) is 3.38. The molecule has 0 aromatic carbocycles. The van der Waals surface area contributed by atoms with Crippen LogP contribution in [0.25, 0.3) is 0 Å². The maximum absolute atomic E-state index is 12.0. The van der Waals surface area contributed by atoms with E-state index in [9.17, 15) is 25.4 Å². The molecule has 0 radical (unpaired) electrons. The van der Waals surface area contributed by atoms with Gasteiger partial charge < -0.3 is 5.73 Å². The van der Waals surface area contributed by atoms with Crippen LogP contribution >= 0.6 is 0 Å². The molecule has 0 spiro atoms. The number of ketones is 1. The first kappa shape index (κ1) is 13.8. The lowest BCUT2D eigenvalue weighted by Crippen LogP contribution is -2.46. The predicted octanol–water partition coefficient (Wildman–Crippen LogP) is 0.715. The molecule has 2 rings (SSSR count). The standard InChI is InChI=1S/C14H12N4O2/c15-6-13(7-16)4-9(5-19)12(18)14(13,8-17)10-2-1-3-11(10)20/h5,10H,1-4,18H2/t10-,14+/m1/s1. The Hall–Kier alpha value is -2.65. The molecule has 2 N–H and O–H groups in total. The van der Waals surface area contributed by atoms with Gasteiger partial charge in [0.05, 0.1) is 18.2 Å². The molecule has 2 atom stereocenters. The molecule has 20 heavy (non-hydrogen) atoms. The van der Waals surface area contributed by atoms with E-state index < -0.39 is 16.7 Å². The molecule has 0 aromatic rings. The fraction of sp³-hybridized carbons (Fsp3) is 0.500. The van der Waals surface area contributed by atoms with Crippen molar-refractivity contribution in [3.8, 4) is 18.2 Å². The Morgan fingerprint density at radius 1 is 1.25 bits per heavy atom. The maximum Gasteiger partial charge on any atom is 0.172 e. The van der Waals surface area contributed by atoms with E-state index in [0.29, 0.717) is 25.5 Å². The van der Waals surface area contributed by atoms with E-state index in [1.165, 1.54) is 0 Å². The summed E-state index contributed by atoms with van der Waals surface area (Å²) in [5.74, 6) is -0.958. The second-order valence-electron chi connectivity index (χ2n) is 5.19. The molecule has 1 saturated carbocycles. The first-order valence-electron chi connectivity index (χ1n) is 6.23. The Labute approximate surface area is 116 Å². The van der Waals surface area contributed by atoms with Crippen molar-refractivity contribution in [3.63, 3.8) is 0 Å². The van der Waals surface area contributed by atoms with Gasteiger partial charge in [-0.3, -0.25) is 9.59 Å². The molecule has 0 amide bonds. The van der Waals surface area contributed by atoms with Crippen LogP contribution in [0.1, 0.15) is 25.7 Å². The number of hydrogen-bond donors (Lipinski definition) is 1. The van der Waals surface area contributed by atoms with E-state index in [1.807, 2.05) is 18.2 Å². The van der Waals surface area contributed by atoms with Crippen LogP contribution in [-0.2, 0) is 9.59 Å². The van der Waals surface area contributed by atoms with Gasteiger partial charge in [-0.05, 0) is 12.8 Å². The van der Waals surface area contributed by atoms with Crippen molar-refractivity contribution >= 4 is 12.1 Å². The largest absolute Gasteiger partial charge is 0.400 e. The van der Waals surface area contributed by atoms with Crippen LogP contribution in [0, 0.1) is 50.7 Å². The number of carbonyl (C=O) groups excluding carboxylic acids is 2. The van der Waals surface area contributed by atoms with E-state index in [4.69, 9.17) is 5.73 Å². The van der Waals surface area contributed by atoms with Crippen LogP contribution in [0.3, 0.4) is 0 Å². The summed E-state index contributed by atoms with van der Waals surface area (Å²) < 4.78 is 0. The van der Waals surface area contributed by atoms with Crippen molar-refractivity contribution in [2.45, 2.75) is 25.7 Å². The van der Waals surface area contributed by atoms with Gasteiger partial charge >= 0.3 is 0 Å². The molecule has 0 aromatic heterocycles. The lowest BCUT2D eigenvalue weighted by Gasteiger charge is -2.36. The summed E-state index contributed by atoms with van der Waals surface area (Å²) in [5, 5.41) is 28.5. The van der Waals surface area contributed by atoms with Crippen molar-refractivity contribution in [1.82, 2.24) is 0 Å². The van der Waals surface area contributed by atoms with Crippen LogP contribution < -0.4 is 5.73 Å². The maximum atomic E-state index is 12.0. The van der Waals surface area contributed by atoms with Gasteiger partial charge in [-0.2, -0.15) is 15.8 Å². The Balaban J connectivity index is 2.75. The van der Waals surface area contributed by atoms with Crippen LogP contribution in [-0.4, -0.2) is 12.1 Å². The van der Waals surface area contributed by atoms with Gasteiger partial charge in [0.15, 0.2) is 5.41 Å². The number of carbonyl (C=O) groups is 2. The second-order valence-corrected chi connectivity index (χ2v) is 5.19. The summed E-state index contributed by atoms with van der Waals surface area (Å²) in [6, 6.07) is 5.64. The van der Waals surface area contributed by atoms with Crippen LogP contribution in [0.2, 0.25) is 0 Å². The number of Topliss-reactive ketones (excluding diaryl/α,β-unsaturated/α-hetero) is 1. The number of nitrogens with zero attached hydrogens (tertiary/aromatic N) is 3. The number of nitriles is 3. The zero-order valence-corrected chi connectivity index (χ0v) is 10.7. The summed E-state index contributed by atoms with van der Waals surface area (Å²) in [4.78, 5) is 23.1. The summed E-state index contributed by atoms with van der Waals surface area (Å²) in [6.45, 7) is 0. The number of rotatable bonds is 2. The quantitative estimate of drug-likeness (QED) is 0.733. The Kier molecular flexibility index (Phi) is 3.08. The monoisotopic (exact) mass is 268 g/mol. The zero-order chi connectivity index (χ0) is 15.0. The molecule has 2 aliphatic rings. The molecule has 0 saturated heterocycles. The van der Waals surface area contributed by atoms with Gasteiger partial charge in [-0.25, -0.2) is 0 Å². The van der Waals surface area contributed by atoms with E-state index in [-0.39, 0.29) is 23.5 Å². The minimum atomic E-state index is -1.77. The molecular weight excluding hydrogens is 256 g/mol. The number of aldehydes is 1. The van der Waals surface area contributed by atoms with Gasteiger partial charge in [0, 0.05) is 30.0 Å². The normalized spacial score (nSPS) is 31.4. The SMILES string of the molecule is N#CC1(C#N)CC(C=O)=C(N)[C@]1(C#N)[C@@H]1CCCC1=O. The fourth-order valence-electron chi connectivity index (χ4n) is 3.38. The highest BCUT2D eigenvalue weighted by molar-refractivity contribution is 5.87. The molecular formula is C14H12N4O2. The third-order valence-corrected chi connectivity index (χ3v) is 4.43. The number of nitrogens with two attached hydrogens (primary N) is 1. The highest BCUT2D eigenvalue weighted by atomic mass is 16.1. The first-order chi connectivity index (χ1) is 9.52. The average Bonchev–Trinajstić information content (AvgIpc) is 2.99. The lowest BCUT2D eigenvalue weighted by molar-refractivity contribution is -0.123. The molecule has 1 fully saturated rings. The van der Waals surface area contributed by atoms with E-state index in [1.54, 1.807) is 0 Å². The highest BCUT2D eigenvalue weighted by Gasteiger charge is 2.66. The van der Waals surface area contributed by atoms with Gasteiger partial charge in [-0.1, -0.05) is 0 Å². The summed E-state index contributed by atoms with van der Waals surface area (Å²) in [6.07, 6.45) is 1.59. The summed E-state index contributed by atoms with van der Waals surface area (Å²) >= 11 is 0. The minimum absolute atomic E-state index is 0.0781. The Bertz CT molecular complexity index is 630. The second kappa shape index (κ2) is 4.47. The molecule has 6 nitrogen and oxygen atoms in total. The van der Waals surface area contributed by atoms with Crippen LogP contribution in [0.5, 0.6) is 0 Å². The predicted molar refractivity (Wildman–Crippen MR) is 65.9 cm³/mol.